The van der Waals surface area contributed by atoms with E-state index in [-0.39, 0.29) is 6.04 Å². The minimum Gasteiger partial charge on any atom is -0.383 e. The second kappa shape index (κ2) is 5.88. The number of nitrogens with one attached hydrogen (secondary N) is 2. The number of rotatable bonds is 5. The van der Waals surface area contributed by atoms with Crippen LogP contribution in [0.1, 0.15) is 23.0 Å². The van der Waals surface area contributed by atoms with Crippen LogP contribution in [0.4, 0.5) is 0 Å². The maximum absolute atomic E-state index is 12.3. The first-order chi connectivity index (χ1) is 9.54. The first-order valence-electron chi connectivity index (χ1n) is 6.46. The molecule has 0 fully saturated rings. The smallest absolute Gasteiger partial charge is 0.292 e. The first kappa shape index (κ1) is 14.3. The number of aryl methyl sites for hydroxylation is 1. The Labute approximate surface area is 117 Å². The van der Waals surface area contributed by atoms with Gasteiger partial charge in [-0.2, -0.15) is 0 Å². The van der Waals surface area contributed by atoms with Gasteiger partial charge in [0.25, 0.3) is 11.7 Å². The summed E-state index contributed by atoms with van der Waals surface area (Å²) in [6.07, 6.45) is 0. The second-order valence-corrected chi connectivity index (χ2v) is 4.83. The monoisotopic (exact) mass is 274 g/mol. The largest absolute Gasteiger partial charge is 0.383 e. The van der Waals surface area contributed by atoms with Crippen molar-refractivity contribution >= 4 is 22.6 Å². The molecule has 1 heterocycles. The van der Waals surface area contributed by atoms with E-state index in [0.717, 1.165) is 10.9 Å². The maximum atomic E-state index is 12.3. The van der Waals surface area contributed by atoms with Gasteiger partial charge in [-0.1, -0.05) is 18.2 Å². The van der Waals surface area contributed by atoms with Crippen molar-refractivity contribution in [3.63, 3.8) is 0 Å². The van der Waals surface area contributed by atoms with Gasteiger partial charge < -0.3 is 15.0 Å². The quantitative estimate of drug-likeness (QED) is 0.645. The van der Waals surface area contributed by atoms with E-state index in [4.69, 9.17) is 4.74 Å². The summed E-state index contributed by atoms with van der Waals surface area (Å²) in [5.41, 5.74) is 1.99. The number of carbonyl (C=O) groups is 2. The van der Waals surface area contributed by atoms with E-state index in [1.54, 1.807) is 21.0 Å². The molecular weight excluding hydrogens is 256 g/mol. The van der Waals surface area contributed by atoms with Crippen LogP contribution < -0.4 is 5.32 Å². The zero-order chi connectivity index (χ0) is 14.7. The first-order valence-corrected chi connectivity index (χ1v) is 6.46. The molecule has 0 radical (unpaired) electrons. The summed E-state index contributed by atoms with van der Waals surface area (Å²) in [4.78, 5) is 27.4. The van der Waals surface area contributed by atoms with Crippen molar-refractivity contribution < 1.29 is 14.3 Å². The van der Waals surface area contributed by atoms with Gasteiger partial charge in [0.2, 0.25) is 0 Å². The SMILES string of the molecule is COCC(C)NC(=O)C(=O)c1c(C)[nH]c2ccccc12. The molecule has 2 rings (SSSR count). The van der Waals surface area contributed by atoms with Crippen molar-refractivity contribution in [1.29, 1.82) is 0 Å². The predicted octanol–water partition coefficient (Wildman–Crippen LogP) is 1.81. The molecule has 0 saturated carbocycles. The van der Waals surface area contributed by atoms with Gasteiger partial charge in [0.1, 0.15) is 0 Å². The van der Waals surface area contributed by atoms with Crippen LogP contribution in [0.2, 0.25) is 0 Å². The highest BCUT2D eigenvalue weighted by molar-refractivity contribution is 6.45. The summed E-state index contributed by atoms with van der Waals surface area (Å²) in [5.74, 6) is -1.13. The molecule has 1 aromatic heterocycles. The highest BCUT2D eigenvalue weighted by Gasteiger charge is 2.23. The Morgan fingerprint density at radius 1 is 1.35 bits per heavy atom. The Kier molecular flexibility index (Phi) is 4.20. The lowest BCUT2D eigenvalue weighted by Crippen LogP contribution is -2.40. The van der Waals surface area contributed by atoms with E-state index >= 15 is 0 Å². The Balaban J connectivity index is 2.27. The number of fused-ring (bicyclic) bond motifs is 1. The van der Waals surface area contributed by atoms with Gasteiger partial charge in [-0.3, -0.25) is 9.59 Å². The van der Waals surface area contributed by atoms with Crippen LogP contribution in [0, 0.1) is 6.92 Å². The molecule has 1 atom stereocenters. The number of H-pyrrole nitrogens is 1. The Bertz CT molecular complexity index is 646. The van der Waals surface area contributed by atoms with Gasteiger partial charge >= 0.3 is 0 Å². The molecule has 106 valence electrons. The Morgan fingerprint density at radius 2 is 2.05 bits per heavy atom. The fourth-order valence-electron chi connectivity index (χ4n) is 2.26. The van der Waals surface area contributed by atoms with E-state index in [9.17, 15) is 9.59 Å². The average Bonchev–Trinajstić information content (AvgIpc) is 2.73. The highest BCUT2D eigenvalue weighted by Crippen LogP contribution is 2.22. The lowest BCUT2D eigenvalue weighted by Gasteiger charge is -2.11. The van der Waals surface area contributed by atoms with Gasteiger partial charge in [0.15, 0.2) is 0 Å². The van der Waals surface area contributed by atoms with Gasteiger partial charge in [-0.25, -0.2) is 0 Å². The number of hydrogen-bond acceptors (Lipinski definition) is 3. The van der Waals surface area contributed by atoms with E-state index in [0.29, 0.717) is 17.9 Å². The minimum absolute atomic E-state index is 0.207. The summed E-state index contributed by atoms with van der Waals surface area (Å²) in [7, 11) is 1.55. The number of ether oxygens (including phenoxy) is 1. The molecule has 5 heteroatoms. The molecule has 5 nitrogen and oxygen atoms in total. The summed E-state index contributed by atoms with van der Waals surface area (Å²) in [5, 5.41) is 3.40. The van der Waals surface area contributed by atoms with Crippen LogP contribution in [0.3, 0.4) is 0 Å². The summed E-state index contributed by atoms with van der Waals surface area (Å²) >= 11 is 0. The second-order valence-electron chi connectivity index (χ2n) is 4.83. The van der Waals surface area contributed by atoms with E-state index in [1.807, 2.05) is 24.3 Å². The molecule has 0 aliphatic heterocycles. The number of amides is 1. The summed E-state index contributed by atoms with van der Waals surface area (Å²) in [6.45, 7) is 3.95. The maximum Gasteiger partial charge on any atom is 0.292 e. The molecule has 0 aliphatic carbocycles. The molecule has 1 aromatic carbocycles. The molecule has 2 aromatic rings. The van der Waals surface area contributed by atoms with Crippen molar-refractivity contribution in [1.82, 2.24) is 10.3 Å². The standard InChI is InChI=1S/C15H18N2O3/c1-9(8-20-3)16-15(19)14(18)13-10(2)17-12-7-5-4-6-11(12)13/h4-7,9,17H,8H2,1-3H3,(H,16,19). The van der Waals surface area contributed by atoms with E-state index in [1.165, 1.54) is 0 Å². The molecular formula is C15H18N2O3. The number of methoxy groups -OCH3 is 1. The van der Waals surface area contributed by atoms with Crippen LogP contribution in [0.15, 0.2) is 24.3 Å². The van der Waals surface area contributed by atoms with Gasteiger partial charge in [0.05, 0.1) is 12.2 Å². The fraction of sp³-hybridized carbons (Fsp3) is 0.333. The van der Waals surface area contributed by atoms with Crippen LogP contribution in [-0.2, 0) is 9.53 Å². The zero-order valence-electron chi connectivity index (χ0n) is 11.8. The van der Waals surface area contributed by atoms with Gasteiger partial charge in [0, 0.05) is 29.7 Å². The predicted molar refractivity (Wildman–Crippen MR) is 76.8 cm³/mol. The number of ketones is 1. The third kappa shape index (κ3) is 2.72. The number of aromatic amines is 1. The number of para-hydroxylation sites is 1. The van der Waals surface area contributed by atoms with Crippen LogP contribution in [0.5, 0.6) is 0 Å². The molecule has 0 saturated heterocycles. The van der Waals surface area contributed by atoms with Gasteiger partial charge in [-0.15, -0.1) is 0 Å². The number of aromatic nitrogens is 1. The molecule has 2 N–H and O–H groups in total. The lowest BCUT2D eigenvalue weighted by atomic mass is 10.1. The normalized spacial score (nSPS) is 12.3. The van der Waals surface area contributed by atoms with E-state index < -0.39 is 11.7 Å². The van der Waals surface area contributed by atoms with Crippen molar-refractivity contribution in [2.45, 2.75) is 19.9 Å². The van der Waals surface area contributed by atoms with Crippen molar-refractivity contribution in [3.8, 4) is 0 Å². The van der Waals surface area contributed by atoms with Crippen LogP contribution in [-0.4, -0.2) is 36.4 Å². The number of hydrogen-bond donors (Lipinski definition) is 2. The topological polar surface area (TPSA) is 71.2 Å². The molecule has 20 heavy (non-hydrogen) atoms. The summed E-state index contributed by atoms with van der Waals surface area (Å²) in [6, 6.07) is 7.23. The number of carbonyl (C=O) groups excluding carboxylic acids is 2. The molecule has 0 bridgehead atoms. The fourth-order valence-corrected chi connectivity index (χ4v) is 2.26. The van der Waals surface area contributed by atoms with Gasteiger partial charge in [-0.05, 0) is 19.9 Å². The van der Waals surface area contributed by atoms with Crippen LogP contribution in [0.25, 0.3) is 10.9 Å². The number of Topliss-reactive ketones (excluding diaryl/α,β-unsaturated/α-hetero) is 1. The average molecular weight is 274 g/mol. The van der Waals surface area contributed by atoms with Crippen LogP contribution >= 0.6 is 0 Å². The third-order valence-electron chi connectivity index (χ3n) is 3.12. The third-order valence-corrected chi connectivity index (χ3v) is 3.12. The molecule has 1 unspecified atom stereocenters. The van der Waals surface area contributed by atoms with Crippen molar-refractivity contribution in [3.05, 3.63) is 35.5 Å². The molecule has 1 amide bonds. The van der Waals surface area contributed by atoms with Crippen molar-refractivity contribution in [2.75, 3.05) is 13.7 Å². The highest BCUT2D eigenvalue weighted by atomic mass is 16.5. The number of benzene rings is 1. The van der Waals surface area contributed by atoms with E-state index in [2.05, 4.69) is 10.3 Å². The Morgan fingerprint density at radius 3 is 2.75 bits per heavy atom. The summed E-state index contributed by atoms with van der Waals surface area (Å²) < 4.78 is 4.94. The molecule has 0 spiro atoms. The zero-order valence-corrected chi connectivity index (χ0v) is 11.8. The Hall–Kier alpha value is -2.14. The minimum atomic E-state index is -0.609. The lowest BCUT2D eigenvalue weighted by molar-refractivity contribution is -0.117. The van der Waals surface area contributed by atoms with Crippen molar-refractivity contribution in [2.24, 2.45) is 0 Å². The molecule has 0 aliphatic rings.